The fourth-order valence-corrected chi connectivity index (χ4v) is 8.25. The van der Waals surface area contributed by atoms with Gasteiger partial charge in [-0.25, -0.2) is 13.2 Å². The van der Waals surface area contributed by atoms with Gasteiger partial charge in [-0.15, -0.1) is 0 Å². The number of aliphatic hydroxyl groups is 1. The topological polar surface area (TPSA) is 329 Å². The number of allylic oxidation sites excluding steroid dienone is 1. The van der Waals surface area contributed by atoms with E-state index in [0.717, 1.165) is 16.9 Å². The van der Waals surface area contributed by atoms with Crippen LogP contribution < -0.4 is 56.1 Å². The second-order valence-corrected chi connectivity index (χ2v) is 18.8. The molecule has 23 nitrogen and oxygen atoms in total. The minimum Gasteiger partial charge on any atom is -0.726 e. The molecule has 2 bridgehead atoms. The third kappa shape index (κ3) is 16.5. The Morgan fingerprint density at radius 1 is 0.917 bits per heavy atom. The molecule has 2 aromatic carbocycles. The summed E-state index contributed by atoms with van der Waals surface area (Å²) in [5.74, 6) is -9.29. The number of esters is 1. The van der Waals surface area contributed by atoms with E-state index in [2.05, 4.69) is 30.8 Å². The number of nitrogens with one attached hydrogen (secondary N) is 5. The third-order valence-electron chi connectivity index (χ3n) is 12.4. The summed E-state index contributed by atoms with van der Waals surface area (Å²) >= 11 is 0. The molecule has 0 aromatic heterocycles. The van der Waals surface area contributed by atoms with Crippen LogP contribution in [0, 0.1) is 11.8 Å². The van der Waals surface area contributed by atoms with E-state index >= 15 is 4.79 Å². The first-order valence-electron chi connectivity index (χ1n) is 23.0. The first kappa shape index (κ1) is 60.8. The number of piperidine rings is 1. The number of phenols is 1. The largest absolute Gasteiger partial charge is 1.00 e. The number of hydrogen-bond donors (Lipinski definition) is 7. The number of aliphatic hydroxyl groups excluding tert-OH is 1. The number of ether oxygens (including phenoxy) is 2. The Morgan fingerprint density at radius 3 is 2.10 bits per heavy atom. The summed E-state index contributed by atoms with van der Waals surface area (Å²) in [6, 6.07) is 5.39. The van der Waals surface area contributed by atoms with Gasteiger partial charge in [0.25, 0.3) is 17.7 Å². The molecule has 390 valence electrons. The van der Waals surface area contributed by atoms with Crippen LogP contribution in [0.2, 0.25) is 0 Å². The van der Waals surface area contributed by atoms with E-state index in [0.29, 0.717) is 11.1 Å². The van der Waals surface area contributed by atoms with Crippen molar-refractivity contribution < 1.29 is 105 Å². The first-order chi connectivity index (χ1) is 33.4. The van der Waals surface area contributed by atoms with Gasteiger partial charge in [-0.3, -0.25) is 37.7 Å². The molecule has 0 radical (unpaired) electrons. The van der Waals surface area contributed by atoms with Crippen LogP contribution >= 0.6 is 0 Å². The molecule has 72 heavy (non-hydrogen) atoms. The molecule has 2 saturated heterocycles. The second kappa shape index (κ2) is 27.5. The molecular formula is C47H64N7NaO16S. The maximum Gasteiger partial charge on any atom is 1.00 e. The van der Waals surface area contributed by atoms with Crippen LogP contribution in [0.1, 0.15) is 71.9 Å². The van der Waals surface area contributed by atoms with Crippen molar-refractivity contribution in [3.05, 3.63) is 77.5 Å². The molecule has 2 aliphatic heterocycles. The average Bonchev–Trinajstić information content (AvgIpc) is 3.32. The fraction of sp³-hybridized carbons (Fsp3) is 0.532. The standard InChI is InChI=1S/C47H65N7O16S.Na/c1-9-26(5)38-47(64)70-27(6)39(52-43(60)37(25(3)4)50-42(59)35(68-8)24-69-71(65,66)67)44(61)48-31(10-2)40(57)49-32-20-21-36(56)54(45(32)62)34(23-28-14-12-11-13-15-28)46(63)53(7)33(41(58)51-38)22-29-16-18-30(55)19-17-29;/h10-19,25-27,32-39,55-56H,9,20-24H2,1-8H3,(H,48,61)(H,49,57)(H,50,59)(H,51,58)(H,52,60)(H,65,66,67);/q;+1/p-1/b31-10-;/t26-,27+,32-,33-,34-,35+,36+,37-,38-,39-;/m0./s1. The predicted molar refractivity (Wildman–Crippen MR) is 250 cm³/mol. The van der Waals surface area contributed by atoms with Crippen LogP contribution in [0.15, 0.2) is 66.4 Å². The number of cyclic esters (lactones) is 1. The van der Waals surface area contributed by atoms with Gasteiger partial charge in [0.05, 0.1) is 0 Å². The predicted octanol–water partition coefficient (Wildman–Crippen LogP) is -3.58. The van der Waals surface area contributed by atoms with Gasteiger partial charge in [0.1, 0.15) is 66.6 Å². The number of phenolic OH excluding ortho intramolecular Hbond substituents is 1. The number of benzene rings is 2. The quantitative estimate of drug-likeness (QED) is 0.0298. The SMILES string of the molecule is C/C=C1\NC(=O)[C@@H](NC(=O)[C@@H](NC(=O)[C@@H](COS(=O)(=O)[O-])OC)C(C)C)[C@@H](C)OC(=O)[C@H]([C@@H](C)CC)NC(=O)[C@H](Cc2ccc(O)cc2)N(C)C(=O)[C@H](Cc2ccccc2)N2C(=O)[C@H](CC[C@H]2O)NC1=O.[Na+]. The molecule has 0 spiro atoms. The van der Waals surface area contributed by atoms with Gasteiger partial charge in [-0.1, -0.05) is 82.7 Å². The Hall–Kier alpha value is -5.47. The van der Waals surface area contributed by atoms with Gasteiger partial charge in [-0.2, -0.15) is 0 Å². The van der Waals surface area contributed by atoms with Gasteiger partial charge < -0.3 is 60.6 Å². The van der Waals surface area contributed by atoms with Crippen molar-refractivity contribution in [2.45, 2.75) is 128 Å². The normalized spacial score (nSPS) is 24.8. The Bertz CT molecular complexity index is 2390. The van der Waals surface area contributed by atoms with Crippen LogP contribution in [-0.2, 0) is 75.3 Å². The summed E-state index contributed by atoms with van der Waals surface area (Å²) in [7, 11) is -2.89. The van der Waals surface area contributed by atoms with E-state index in [-0.39, 0.29) is 67.4 Å². The summed E-state index contributed by atoms with van der Waals surface area (Å²) in [5, 5.41) is 34.1. The summed E-state index contributed by atoms with van der Waals surface area (Å²) in [5.41, 5.74) is 0.636. The monoisotopic (exact) mass is 1040 g/mol. The van der Waals surface area contributed by atoms with Gasteiger partial charge >= 0.3 is 35.5 Å². The van der Waals surface area contributed by atoms with Crippen molar-refractivity contribution in [3.63, 3.8) is 0 Å². The van der Waals surface area contributed by atoms with Crippen molar-refractivity contribution in [2.75, 3.05) is 20.8 Å². The van der Waals surface area contributed by atoms with Crippen molar-refractivity contribution in [2.24, 2.45) is 11.8 Å². The summed E-state index contributed by atoms with van der Waals surface area (Å²) in [6.45, 7) is 7.98. The van der Waals surface area contributed by atoms with Crippen molar-refractivity contribution in [3.8, 4) is 5.75 Å². The van der Waals surface area contributed by atoms with E-state index in [1.807, 2.05) is 0 Å². The van der Waals surface area contributed by atoms with Gasteiger partial charge in [0, 0.05) is 27.0 Å². The molecule has 2 aliphatic rings. The Morgan fingerprint density at radius 2 is 1.53 bits per heavy atom. The Balaban J connectivity index is 0.0000137. The van der Waals surface area contributed by atoms with Crippen LogP contribution in [0.3, 0.4) is 0 Å². The van der Waals surface area contributed by atoms with Crippen molar-refractivity contribution >= 4 is 57.7 Å². The van der Waals surface area contributed by atoms with Crippen molar-refractivity contribution in [1.29, 1.82) is 0 Å². The molecule has 25 heteroatoms. The van der Waals surface area contributed by atoms with Crippen LogP contribution in [0.25, 0.3) is 0 Å². The molecule has 10 atom stereocenters. The van der Waals surface area contributed by atoms with Crippen molar-refractivity contribution in [1.82, 2.24) is 36.4 Å². The number of nitrogens with zero attached hydrogens (tertiary/aromatic N) is 2. The minimum absolute atomic E-state index is 0. The zero-order valence-electron chi connectivity index (χ0n) is 41.8. The molecule has 7 N–H and O–H groups in total. The number of carbonyl (C=O) groups is 8. The van der Waals surface area contributed by atoms with E-state index in [4.69, 9.17) is 9.47 Å². The van der Waals surface area contributed by atoms with Gasteiger partial charge in [-0.05, 0) is 61.8 Å². The molecule has 0 unspecified atom stereocenters. The average molecular weight is 1040 g/mol. The van der Waals surface area contributed by atoms with Gasteiger partial charge in [0.15, 0.2) is 6.10 Å². The van der Waals surface area contributed by atoms with Crippen LogP contribution in [0.4, 0.5) is 0 Å². The number of methoxy groups -OCH3 is 1. The second-order valence-electron chi connectivity index (χ2n) is 17.7. The fourth-order valence-electron chi connectivity index (χ4n) is 7.96. The first-order valence-corrected chi connectivity index (χ1v) is 24.4. The zero-order valence-corrected chi connectivity index (χ0v) is 44.6. The van der Waals surface area contributed by atoms with E-state index in [1.54, 1.807) is 44.2 Å². The van der Waals surface area contributed by atoms with Crippen LogP contribution in [-0.4, -0.2) is 156 Å². The smallest absolute Gasteiger partial charge is 0.726 e. The number of amides is 7. The summed E-state index contributed by atoms with van der Waals surface area (Å²) in [4.78, 5) is 116. The number of hydrogen-bond acceptors (Lipinski definition) is 16. The maximum absolute atomic E-state index is 15.0. The van der Waals surface area contributed by atoms with E-state index in [9.17, 15) is 56.7 Å². The molecule has 7 amide bonds. The van der Waals surface area contributed by atoms with E-state index < -0.39 is 137 Å². The molecular weight excluding hydrogens is 974 g/mol. The molecule has 2 aromatic rings. The van der Waals surface area contributed by atoms with E-state index in [1.165, 1.54) is 65.1 Å². The summed E-state index contributed by atoms with van der Waals surface area (Å²) < 4.78 is 48.2. The third-order valence-corrected chi connectivity index (χ3v) is 12.8. The molecule has 0 aliphatic carbocycles. The molecule has 2 heterocycles. The molecule has 0 saturated carbocycles. The van der Waals surface area contributed by atoms with Gasteiger partial charge in [0.2, 0.25) is 34.0 Å². The number of aromatic hydroxyl groups is 1. The summed E-state index contributed by atoms with van der Waals surface area (Å²) in [6.07, 6.45) is -3.88. The molecule has 2 fully saturated rings. The minimum atomic E-state index is -5.24. The number of likely N-dealkylation sites (N-methyl/N-ethyl adjacent to an activating group) is 1. The number of fused-ring (bicyclic) bond motifs is 2. The zero-order chi connectivity index (χ0) is 52.9. The Labute approximate surface area is 440 Å². The number of rotatable bonds is 15. The number of carbonyl (C=O) groups excluding carboxylic acids is 8. The molecule has 4 rings (SSSR count). The van der Waals surface area contributed by atoms with Crippen LogP contribution in [0.5, 0.6) is 5.75 Å². The Kier molecular flexibility index (Phi) is 23.3. The maximum atomic E-state index is 15.0.